The molecule has 0 aromatic carbocycles. The summed E-state index contributed by atoms with van der Waals surface area (Å²) in [5, 5.41) is 0. The molecule has 0 saturated heterocycles. The summed E-state index contributed by atoms with van der Waals surface area (Å²) in [5.74, 6) is 2.42. The summed E-state index contributed by atoms with van der Waals surface area (Å²) in [6.45, 7) is 0.961. The van der Waals surface area contributed by atoms with E-state index in [4.69, 9.17) is 6.42 Å². The lowest BCUT2D eigenvalue weighted by Crippen LogP contribution is -2.20. The van der Waals surface area contributed by atoms with Crippen LogP contribution in [0.3, 0.4) is 0 Å². The molecule has 0 N–H and O–H groups in total. The van der Waals surface area contributed by atoms with Gasteiger partial charge in [0.05, 0.1) is 13.1 Å². The van der Waals surface area contributed by atoms with Gasteiger partial charge >= 0.3 is 0 Å². The van der Waals surface area contributed by atoms with Crippen LogP contribution < -0.4 is 0 Å². The third-order valence-corrected chi connectivity index (χ3v) is 0.747. The van der Waals surface area contributed by atoms with Crippen LogP contribution in [0.25, 0.3) is 0 Å². The largest absolute Gasteiger partial charge is 0.302 e. The second kappa shape index (κ2) is 4.35. The van der Waals surface area contributed by atoms with Gasteiger partial charge in [-0.25, -0.2) is 0 Å². The van der Waals surface area contributed by atoms with E-state index in [2.05, 4.69) is 5.92 Å². The van der Waals surface area contributed by atoms with Crippen molar-refractivity contribution in [3.8, 4) is 12.3 Å². The molecule has 0 saturated carbocycles. The molecule has 0 heterocycles. The Hall–Kier alpha value is -0.810. The molecule has 8 heavy (non-hydrogen) atoms. The molecule has 0 radical (unpaired) electrons. The van der Waals surface area contributed by atoms with Crippen molar-refractivity contribution in [3.63, 3.8) is 0 Å². The maximum atomic E-state index is 9.78. The number of rotatable bonds is 3. The second-order valence-corrected chi connectivity index (χ2v) is 1.57. The minimum atomic E-state index is 0.421. The van der Waals surface area contributed by atoms with Crippen LogP contribution in [0.2, 0.25) is 0 Å². The van der Waals surface area contributed by atoms with E-state index in [1.807, 2.05) is 0 Å². The summed E-state index contributed by atoms with van der Waals surface area (Å²) in [5.41, 5.74) is 0. The van der Waals surface area contributed by atoms with Gasteiger partial charge in [-0.1, -0.05) is 5.92 Å². The summed E-state index contributed by atoms with van der Waals surface area (Å²) in [4.78, 5) is 11.5. The van der Waals surface area contributed by atoms with E-state index in [1.54, 1.807) is 11.9 Å². The maximum absolute atomic E-state index is 9.78. The van der Waals surface area contributed by atoms with Crippen LogP contribution in [-0.2, 0) is 4.79 Å². The molecule has 0 spiro atoms. The number of carbonyl (C=O) groups excluding carboxylic acids is 1. The van der Waals surface area contributed by atoms with E-state index < -0.39 is 0 Å². The third kappa shape index (κ3) is 3.38. The van der Waals surface area contributed by atoms with Crippen molar-refractivity contribution in [2.45, 2.75) is 0 Å². The van der Waals surface area contributed by atoms with Gasteiger partial charge in [0.1, 0.15) is 6.29 Å². The number of terminal acetylenes is 1. The highest BCUT2D eigenvalue weighted by molar-refractivity contribution is 5.51. The number of likely N-dealkylation sites (N-methyl/N-ethyl adjacent to an activating group) is 1. The van der Waals surface area contributed by atoms with Crippen LogP contribution in [0.1, 0.15) is 0 Å². The highest BCUT2D eigenvalue weighted by Gasteiger charge is 1.89. The Morgan fingerprint density at radius 3 is 2.88 bits per heavy atom. The second-order valence-electron chi connectivity index (χ2n) is 1.57. The van der Waals surface area contributed by atoms with Crippen molar-refractivity contribution in [2.24, 2.45) is 0 Å². The number of carbonyl (C=O) groups is 1. The fraction of sp³-hybridized carbons (Fsp3) is 0.500. The molecular weight excluding hydrogens is 102 g/mol. The fourth-order valence-electron chi connectivity index (χ4n) is 0.348. The molecule has 0 aliphatic carbocycles. The smallest absolute Gasteiger partial charge is 0.133 e. The van der Waals surface area contributed by atoms with Gasteiger partial charge in [0.15, 0.2) is 0 Å². The molecular formula is C6H9NO. The lowest BCUT2D eigenvalue weighted by atomic mass is 10.5. The highest BCUT2D eigenvalue weighted by Crippen LogP contribution is 1.73. The highest BCUT2D eigenvalue weighted by atomic mass is 16.1. The van der Waals surface area contributed by atoms with Gasteiger partial charge in [-0.05, 0) is 7.05 Å². The number of hydrogen-bond donors (Lipinski definition) is 0. The topological polar surface area (TPSA) is 20.3 Å². The minimum absolute atomic E-state index is 0.421. The molecule has 0 aliphatic rings. The Kier molecular flexibility index (Phi) is 3.91. The van der Waals surface area contributed by atoms with Gasteiger partial charge in [-0.15, -0.1) is 6.42 Å². The van der Waals surface area contributed by atoms with Gasteiger partial charge in [0.2, 0.25) is 0 Å². The quantitative estimate of drug-likeness (QED) is 0.370. The van der Waals surface area contributed by atoms with Gasteiger partial charge in [-0.2, -0.15) is 0 Å². The fourth-order valence-corrected chi connectivity index (χ4v) is 0.348. The molecule has 0 unspecified atom stereocenters. The average molecular weight is 111 g/mol. The molecule has 0 aromatic heterocycles. The van der Waals surface area contributed by atoms with Crippen molar-refractivity contribution in [1.29, 1.82) is 0 Å². The standard InChI is InChI=1S/C6H9NO/c1-3-4-7(2)5-6-8/h1,6H,4-5H2,2H3. The zero-order valence-corrected chi connectivity index (χ0v) is 4.92. The van der Waals surface area contributed by atoms with E-state index in [0.29, 0.717) is 13.1 Å². The molecule has 0 amide bonds. The molecule has 44 valence electrons. The lowest BCUT2D eigenvalue weighted by molar-refractivity contribution is -0.108. The first-order valence-corrected chi connectivity index (χ1v) is 2.37. The molecule has 0 atom stereocenters. The lowest BCUT2D eigenvalue weighted by Gasteiger charge is -2.05. The number of nitrogens with zero attached hydrogens (tertiary/aromatic N) is 1. The van der Waals surface area contributed by atoms with Crippen LogP contribution >= 0.6 is 0 Å². The van der Waals surface area contributed by atoms with Crippen molar-refractivity contribution in [1.82, 2.24) is 4.90 Å². The SMILES string of the molecule is C#CCN(C)CC=O. The Bertz CT molecular complexity index is 104. The van der Waals surface area contributed by atoms with Crippen LogP contribution in [0.15, 0.2) is 0 Å². The van der Waals surface area contributed by atoms with Gasteiger partial charge < -0.3 is 4.79 Å². The van der Waals surface area contributed by atoms with Crippen LogP contribution in [-0.4, -0.2) is 31.3 Å². The van der Waals surface area contributed by atoms with Crippen molar-refractivity contribution in [3.05, 3.63) is 0 Å². The predicted molar refractivity (Wildman–Crippen MR) is 32.4 cm³/mol. The Morgan fingerprint density at radius 1 is 1.88 bits per heavy atom. The first-order chi connectivity index (χ1) is 3.81. The zero-order chi connectivity index (χ0) is 6.41. The van der Waals surface area contributed by atoms with E-state index >= 15 is 0 Å². The van der Waals surface area contributed by atoms with Crippen molar-refractivity contribution in [2.75, 3.05) is 20.1 Å². The summed E-state index contributed by atoms with van der Waals surface area (Å²) in [7, 11) is 1.80. The van der Waals surface area contributed by atoms with Gasteiger partial charge in [0, 0.05) is 0 Å². The summed E-state index contributed by atoms with van der Waals surface area (Å²) in [6, 6.07) is 0. The Morgan fingerprint density at radius 2 is 2.50 bits per heavy atom. The summed E-state index contributed by atoms with van der Waals surface area (Å²) >= 11 is 0. The van der Waals surface area contributed by atoms with E-state index in [-0.39, 0.29) is 0 Å². The summed E-state index contributed by atoms with van der Waals surface area (Å²) < 4.78 is 0. The number of aldehydes is 1. The number of hydrogen-bond acceptors (Lipinski definition) is 2. The average Bonchev–Trinajstić information content (AvgIpc) is 1.68. The first-order valence-electron chi connectivity index (χ1n) is 2.37. The molecule has 0 bridgehead atoms. The minimum Gasteiger partial charge on any atom is -0.302 e. The van der Waals surface area contributed by atoms with Gasteiger partial charge in [0.25, 0.3) is 0 Å². The van der Waals surface area contributed by atoms with Crippen molar-refractivity contribution < 1.29 is 4.79 Å². The van der Waals surface area contributed by atoms with E-state index in [0.717, 1.165) is 6.29 Å². The Balaban J connectivity index is 3.20. The molecule has 2 heteroatoms. The van der Waals surface area contributed by atoms with Gasteiger partial charge in [-0.3, -0.25) is 4.90 Å². The Labute approximate surface area is 49.5 Å². The van der Waals surface area contributed by atoms with E-state index in [1.165, 1.54) is 0 Å². The maximum Gasteiger partial charge on any atom is 0.133 e. The molecule has 2 nitrogen and oxygen atoms in total. The summed E-state index contributed by atoms with van der Waals surface area (Å²) in [6.07, 6.45) is 5.78. The molecule has 0 fully saturated rings. The van der Waals surface area contributed by atoms with E-state index in [9.17, 15) is 4.79 Å². The molecule has 0 rings (SSSR count). The van der Waals surface area contributed by atoms with Crippen LogP contribution in [0.4, 0.5) is 0 Å². The zero-order valence-electron chi connectivity index (χ0n) is 4.92. The third-order valence-electron chi connectivity index (χ3n) is 0.747. The predicted octanol–water partition coefficient (Wildman–Crippen LogP) is -0.250. The molecule has 0 aliphatic heterocycles. The van der Waals surface area contributed by atoms with Crippen LogP contribution in [0.5, 0.6) is 0 Å². The normalized spacial score (nSPS) is 8.62. The molecule has 0 aromatic rings. The monoisotopic (exact) mass is 111 g/mol. The van der Waals surface area contributed by atoms with Crippen molar-refractivity contribution >= 4 is 6.29 Å². The van der Waals surface area contributed by atoms with Crippen LogP contribution in [0, 0.1) is 12.3 Å². The first kappa shape index (κ1) is 7.19.